The van der Waals surface area contributed by atoms with Crippen LogP contribution in [-0.4, -0.2) is 34.5 Å². The molecule has 25 heavy (non-hydrogen) atoms. The largest absolute Gasteiger partial charge is 0.508 e. The first kappa shape index (κ1) is 18.0. The van der Waals surface area contributed by atoms with E-state index in [1.165, 1.54) is 24.3 Å². The van der Waals surface area contributed by atoms with Gasteiger partial charge in [-0.2, -0.15) is 0 Å². The highest BCUT2D eigenvalue weighted by molar-refractivity contribution is 6.00. The molecule has 0 aromatic heterocycles. The van der Waals surface area contributed by atoms with E-state index in [0.29, 0.717) is 17.7 Å². The molecule has 0 aliphatic heterocycles. The molecular formula is C18H17NO6. The molecule has 2 aromatic carbocycles. The Morgan fingerprint density at radius 2 is 1.72 bits per heavy atom. The number of benzene rings is 2. The highest BCUT2D eigenvalue weighted by Gasteiger charge is 2.15. The van der Waals surface area contributed by atoms with Crippen LogP contribution in [-0.2, 0) is 9.53 Å². The van der Waals surface area contributed by atoms with E-state index in [9.17, 15) is 24.6 Å². The smallest absolute Gasteiger partial charge is 0.342 e. The van der Waals surface area contributed by atoms with Crippen molar-refractivity contribution >= 4 is 23.3 Å². The number of amides is 1. The minimum absolute atomic E-state index is 0.137. The van der Waals surface area contributed by atoms with Crippen LogP contribution in [0.2, 0.25) is 0 Å². The third-order valence-electron chi connectivity index (χ3n) is 3.35. The molecule has 0 aliphatic carbocycles. The Balaban J connectivity index is 1.95. The van der Waals surface area contributed by atoms with Gasteiger partial charge in [-0.25, -0.2) is 4.79 Å². The van der Waals surface area contributed by atoms with Crippen molar-refractivity contribution in [2.45, 2.75) is 13.3 Å². The second-order valence-corrected chi connectivity index (χ2v) is 5.18. The van der Waals surface area contributed by atoms with Gasteiger partial charge in [0.25, 0.3) is 0 Å². The number of phenolic OH excluding ortho intramolecular Hbond substituents is 2. The minimum Gasteiger partial charge on any atom is -0.508 e. The third-order valence-corrected chi connectivity index (χ3v) is 3.35. The van der Waals surface area contributed by atoms with E-state index in [1.807, 2.05) is 0 Å². The van der Waals surface area contributed by atoms with Gasteiger partial charge in [-0.15, -0.1) is 0 Å². The molecule has 0 bridgehead atoms. The fraction of sp³-hybridized carbons (Fsp3) is 0.167. The fourth-order valence-electron chi connectivity index (χ4n) is 1.97. The van der Waals surface area contributed by atoms with Crippen LogP contribution in [0.4, 0.5) is 5.69 Å². The second kappa shape index (κ2) is 7.96. The lowest BCUT2D eigenvalue weighted by molar-refractivity contribution is -0.115. The van der Waals surface area contributed by atoms with Gasteiger partial charge in [0.05, 0.1) is 0 Å². The summed E-state index contributed by atoms with van der Waals surface area (Å²) in [4.78, 5) is 35.2. The maximum atomic E-state index is 12.0. The van der Waals surface area contributed by atoms with Crippen molar-refractivity contribution < 1.29 is 29.3 Å². The Hall–Kier alpha value is -3.35. The lowest BCUT2D eigenvalue weighted by atomic mass is 10.1. The Bertz CT molecular complexity index is 798. The molecule has 3 N–H and O–H groups in total. The number of rotatable bonds is 6. The van der Waals surface area contributed by atoms with Gasteiger partial charge in [0.1, 0.15) is 17.1 Å². The number of aromatic hydroxyl groups is 2. The highest BCUT2D eigenvalue weighted by atomic mass is 16.5. The van der Waals surface area contributed by atoms with Crippen LogP contribution in [0.3, 0.4) is 0 Å². The summed E-state index contributed by atoms with van der Waals surface area (Å²) < 4.78 is 4.88. The van der Waals surface area contributed by atoms with Gasteiger partial charge in [-0.05, 0) is 36.4 Å². The van der Waals surface area contributed by atoms with Gasteiger partial charge in [-0.3, -0.25) is 9.59 Å². The lowest BCUT2D eigenvalue weighted by Gasteiger charge is -2.07. The van der Waals surface area contributed by atoms with Gasteiger partial charge in [0.15, 0.2) is 12.4 Å². The highest BCUT2D eigenvalue weighted by Crippen LogP contribution is 2.23. The van der Waals surface area contributed by atoms with Crippen LogP contribution >= 0.6 is 0 Å². The van der Waals surface area contributed by atoms with E-state index in [0.717, 1.165) is 6.07 Å². The second-order valence-electron chi connectivity index (χ2n) is 5.18. The average molecular weight is 343 g/mol. The number of carbonyl (C=O) groups excluding carboxylic acids is 3. The first-order chi connectivity index (χ1) is 11.9. The van der Waals surface area contributed by atoms with E-state index in [-0.39, 0.29) is 17.2 Å². The van der Waals surface area contributed by atoms with Gasteiger partial charge < -0.3 is 20.3 Å². The molecule has 7 heteroatoms. The van der Waals surface area contributed by atoms with Crippen LogP contribution in [0, 0.1) is 0 Å². The van der Waals surface area contributed by atoms with Crippen LogP contribution < -0.4 is 5.32 Å². The van der Waals surface area contributed by atoms with E-state index in [4.69, 9.17) is 4.74 Å². The zero-order valence-electron chi connectivity index (χ0n) is 13.5. The number of anilines is 1. The first-order valence-electron chi connectivity index (χ1n) is 7.53. The van der Waals surface area contributed by atoms with Crippen molar-refractivity contribution in [2.24, 2.45) is 0 Å². The lowest BCUT2D eigenvalue weighted by Crippen LogP contribution is -2.14. The number of Topliss-reactive ketones (excluding diaryl/α,β-unsaturated/α-hetero) is 1. The maximum absolute atomic E-state index is 12.0. The number of esters is 1. The van der Waals surface area contributed by atoms with E-state index < -0.39 is 24.1 Å². The molecule has 0 unspecified atom stereocenters. The van der Waals surface area contributed by atoms with Crippen LogP contribution in [0.25, 0.3) is 0 Å². The molecule has 0 fully saturated rings. The molecule has 130 valence electrons. The molecule has 1 amide bonds. The van der Waals surface area contributed by atoms with E-state index in [2.05, 4.69) is 5.32 Å². The molecular weight excluding hydrogens is 326 g/mol. The van der Waals surface area contributed by atoms with Crippen molar-refractivity contribution in [3.8, 4) is 11.5 Å². The Labute approximate surface area is 143 Å². The maximum Gasteiger partial charge on any atom is 0.342 e. The molecule has 0 heterocycles. The number of nitrogens with one attached hydrogen (secondary N) is 1. The fourth-order valence-corrected chi connectivity index (χ4v) is 1.97. The van der Waals surface area contributed by atoms with Crippen molar-refractivity contribution in [3.05, 3.63) is 53.6 Å². The Morgan fingerprint density at radius 1 is 1.04 bits per heavy atom. The van der Waals surface area contributed by atoms with Gasteiger partial charge in [-0.1, -0.05) is 6.92 Å². The summed E-state index contributed by atoms with van der Waals surface area (Å²) in [5.74, 6) is -2.08. The molecule has 2 aromatic rings. The van der Waals surface area contributed by atoms with E-state index in [1.54, 1.807) is 19.1 Å². The summed E-state index contributed by atoms with van der Waals surface area (Å²) in [6, 6.07) is 9.60. The minimum atomic E-state index is -0.877. The van der Waals surface area contributed by atoms with Crippen molar-refractivity contribution in [2.75, 3.05) is 11.9 Å². The monoisotopic (exact) mass is 343 g/mol. The van der Waals surface area contributed by atoms with Crippen molar-refractivity contribution in [3.63, 3.8) is 0 Å². The number of ether oxygens (including phenoxy) is 1. The summed E-state index contributed by atoms with van der Waals surface area (Å²) >= 11 is 0. The van der Waals surface area contributed by atoms with Gasteiger partial charge in [0.2, 0.25) is 5.91 Å². The standard InChI is InChI=1S/C18H17NO6/c1-2-17(23)19-12-5-3-11(4-6-12)16(22)10-25-18(24)14-8-7-13(20)9-15(14)21/h3-9,20-21H,2,10H2,1H3,(H,19,23). The van der Waals surface area contributed by atoms with Gasteiger partial charge >= 0.3 is 5.97 Å². The SMILES string of the molecule is CCC(=O)Nc1ccc(C(=O)COC(=O)c2ccc(O)cc2O)cc1. The normalized spacial score (nSPS) is 10.1. The molecule has 0 saturated carbocycles. The zero-order chi connectivity index (χ0) is 18.4. The molecule has 0 radical (unpaired) electrons. The predicted octanol–water partition coefficient (Wildman–Crippen LogP) is 2.49. The number of hydrogen-bond donors (Lipinski definition) is 3. The summed E-state index contributed by atoms with van der Waals surface area (Å²) in [6.45, 7) is 1.23. The van der Waals surface area contributed by atoms with Crippen LogP contribution in [0.1, 0.15) is 34.1 Å². The third kappa shape index (κ3) is 4.81. The van der Waals surface area contributed by atoms with Crippen molar-refractivity contribution in [1.29, 1.82) is 0 Å². The molecule has 2 rings (SSSR count). The summed E-state index contributed by atoms with van der Waals surface area (Å²) in [6.07, 6.45) is 0.348. The summed E-state index contributed by atoms with van der Waals surface area (Å²) in [7, 11) is 0. The number of phenols is 2. The zero-order valence-corrected chi connectivity index (χ0v) is 13.5. The Morgan fingerprint density at radius 3 is 2.32 bits per heavy atom. The molecule has 0 atom stereocenters. The summed E-state index contributed by atoms with van der Waals surface area (Å²) in [5, 5.41) is 21.4. The van der Waals surface area contributed by atoms with E-state index >= 15 is 0 Å². The van der Waals surface area contributed by atoms with Gasteiger partial charge in [0, 0.05) is 23.7 Å². The Kier molecular flexibility index (Phi) is 5.73. The quantitative estimate of drug-likeness (QED) is 0.548. The van der Waals surface area contributed by atoms with Crippen molar-refractivity contribution in [1.82, 2.24) is 0 Å². The molecule has 0 saturated heterocycles. The number of hydrogen-bond acceptors (Lipinski definition) is 6. The molecule has 7 nitrogen and oxygen atoms in total. The molecule has 0 spiro atoms. The average Bonchev–Trinajstić information content (AvgIpc) is 2.60. The van der Waals surface area contributed by atoms with Crippen LogP contribution in [0.15, 0.2) is 42.5 Å². The predicted molar refractivity (Wildman–Crippen MR) is 89.7 cm³/mol. The summed E-state index contributed by atoms with van der Waals surface area (Å²) in [5.41, 5.74) is 0.731. The molecule has 0 aliphatic rings. The van der Waals surface area contributed by atoms with Crippen LogP contribution in [0.5, 0.6) is 11.5 Å². The number of ketones is 1. The topological polar surface area (TPSA) is 113 Å². The first-order valence-corrected chi connectivity index (χ1v) is 7.53. The number of carbonyl (C=O) groups is 3.